The minimum atomic E-state index is -0.303. The Kier molecular flexibility index (Phi) is 4.99. The standard InChI is InChI=1S/C19H18N2O4/c1-24-15-7-5-14(6-8-15)12-20-19(23)17-10-9-16(25-17)13-21-11-3-2-4-18(21)22/h2-11H,12-13H2,1H3,(H,20,23). The van der Waals surface area contributed by atoms with Crippen LogP contribution in [0.2, 0.25) is 0 Å². The second-order valence-corrected chi connectivity index (χ2v) is 5.46. The van der Waals surface area contributed by atoms with E-state index >= 15 is 0 Å². The number of carbonyl (C=O) groups is 1. The maximum atomic E-state index is 12.2. The van der Waals surface area contributed by atoms with Crippen molar-refractivity contribution in [2.24, 2.45) is 0 Å². The highest BCUT2D eigenvalue weighted by atomic mass is 16.5. The van der Waals surface area contributed by atoms with E-state index in [1.807, 2.05) is 24.3 Å². The molecule has 0 saturated carbocycles. The molecule has 1 amide bonds. The number of amides is 1. The predicted molar refractivity (Wildman–Crippen MR) is 92.7 cm³/mol. The van der Waals surface area contributed by atoms with Gasteiger partial charge < -0.3 is 19.0 Å². The quantitative estimate of drug-likeness (QED) is 0.749. The summed E-state index contributed by atoms with van der Waals surface area (Å²) in [5, 5.41) is 2.80. The van der Waals surface area contributed by atoms with E-state index in [-0.39, 0.29) is 23.8 Å². The van der Waals surface area contributed by atoms with Crippen LogP contribution >= 0.6 is 0 Å². The molecule has 1 N–H and O–H groups in total. The summed E-state index contributed by atoms with van der Waals surface area (Å²) in [5.74, 6) is 1.22. The first-order valence-corrected chi connectivity index (χ1v) is 7.81. The third-order valence-electron chi connectivity index (χ3n) is 3.72. The maximum absolute atomic E-state index is 12.2. The van der Waals surface area contributed by atoms with Gasteiger partial charge in [-0.1, -0.05) is 18.2 Å². The number of furan rings is 1. The SMILES string of the molecule is COc1ccc(CNC(=O)c2ccc(Cn3ccccc3=O)o2)cc1. The highest BCUT2D eigenvalue weighted by Crippen LogP contribution is 2.12. The summed E-state index contributed by atoms with van der Waals surface area (Å²) < 4.78 is 12.1. The molecule has 0 fully saturated rings. The Morgan fingerprint density at radius 2 is 1.92 bits per heavy atom. The van der Waals surface area contributed by atoms with E-state index in [1.165, 1.54) is 10.6 Å². The van der Waals surface area contributed by atoms with Gasteiger partial charge in [0.15, 0.2) is 5.76 Å². The molecule has 1 aromatic carbocycles. The van der Waals surface area contributed by atoms with Crippen molar-refractivity contribution in [1.29, 1.82) is 0 Å². The van der Waals surface area contributed by atoms with Gasteiger partial charge in [0, 0.05) is 18.8 Å². The third-order valence-corrected chi connectivity index (χ3v) is 3.72. The van der Waals surface area contributed by atoms with E-state index in [9.17, 15) is 9.59 Å². The second-order valence-electron chi connectivity index (χ2n) is 5.46. The number of hydrogen-bond donors (Lipinski definition) is 1. The number of aromatic nitrogens is 1. The lowest BCUT2D eigenvalue weighted by Gasteiger charge is -2.05. The number of methoxy groups -OCH3 is 1. The van der Waals surface area contributed by atoms with Crippen molar-refractivity contribution < 1.29 is 13.9 Å². The van der Waals surface area contributed by atoms with Crippen LogP contribution in [0.15, 0.2) is 70.0 Å². The van der Waals surface area contributed by atoms with Gasteiger partial charge in [-0.15, -0.1) is 0 Å². The summed E-state index contributed by atoms with van der Waals surface area (Å²) >= 11 is 0. The van der Waals surface area contributed by atoms with Gasteiger partial charge in [-0.2, -0.15) is 0 Å². The molecule has 6 heteroatoms. The number of hydrogen-bond acceptors (Lipinski definition) is 4. The average molecular weight is 338 g/mol. The monoisotopic (exact) mass is 338 g/mol. The molecule has 3 rings (SSSR count). The van der Waals surface area contributed by atoms with Crippen molar-refractivity contribution in [1.82, 2.24) is 9.88 Å². The van der Waals surface area contributed by atoms with Crippen molar-refractivity contribution in [3.05, 3.63) is 88.2 Å². The Labute approximate surface area is 144 Å². The molecule has 0 saturated heterocycles. The van der Waals surface area contributed by atoms with Crippen molar-refractivity contribution in [2.75, 3.05) is 7.11 Å². The molecule has 0 aliphatic heterocycles. The number of pyridine rings is 1. The fourth-order valence-corrected chi connectivity index (χ4v) is 2.36. The lowest BCUT2D eigenvalue weighted by atomic mass is 10.2. The summed E-state index contributed by atoms with van der Waals surface area (Å²) in [6.07, 6.45) is 1.67. The third kappa shape index (κ3) is 4.17. The summed E-state index contributed by atoms with van der Waals surface area (Å²) in [6.45, 7) is 0.669. The molecule has 0 radical (unpaired) electrons. The second kappa shape index (κ2) is 7.53. The summed E-state index contributed by atoms with van der Waals surface area (Å²) in [7, 11) is 1.61. The largest absolute Gasteiger partial charge is 0.497 e. The summed E-state index contributed by atoms with van der Waals surface area (Å²) in [5.41, 5.74) is 0.834. The zero-order chi connectivity index (χ0) is 17.6. The number of ether oxygens (including phenoxy) is 1. The molecule has 25 heavy (non-hydrogen) atoms. The van der Waals surface area contributed by atoms with Gasteiger partial charge in [0.1, 0.15) is 11.5 Å². The number of carbonyl (C=O) groups excluding carboxylic acids is 1. The molecule has 3 aromatic rings. The first-order chi connectivity index (χ1) is 12.2. The van der Waals surface area contributed by atoms with Crippen LogP contribution in [0, 0.1) is 0 Å². The van der Waals surface area contributed by atoms with E-state index in [4.69, 9.17) is 9.15 Å². The predicted octanol–water partition coefficient (Wildman–Crippen LogP) is 2.43. The van der Waals surface area contributed by atoms with Gasteiger partial charge in [-0.05, 0) is 35.9 Å². The molecule has 0 spiro atoms. The molecule has 6 nitrogen and oxygen atoms in total. The van der Waals surface area contributed by atoms with E-state index in [0.29, 0.717) is 12.3 Å². The van der Waals surface area contributed by atoms with Gasteiger partial charge in [0.05, 0.1) is 13.7 Å². The Balaban J connectivity index is 1.60. The Bertz CT molecular complexity index is 909. The Morgan fingerprint density at radius 1 is 1.12 bits per heavy atom. The van der Waals surface area contributed by atoms with Crippen molar-refractivity contribution in [2.45, 2.75) is 13.1 Å². The van der Waals surface area contributed by atoms with Crippen LogP contribution in [-0.4, -0.2) is 17.6 Å². The van der Waals surface area contributed by atoms with Crippen molar-refractivity contribution >= 4 is 5.91 Å². The minimum Gasteiger partial charge on any atom is -0.497 e. The van der Waals surface area contributed by atoms with Gasteiger partial charge >= 0.3 is 0 Å². The van der Waals surface area contributed by atoms with Gasteiger partial charge in [0.25, 0.3) is 11.5 Å². The average Bonchev–Trinajstić information content (AvgIpc) is 3.11. The van der Waals surface area contributed by atoms with E-state index in [1.54, 1.807) is 37.6 Å². The number of nitrogens with zero attached hydrogens (tertiary/aromatic N) is 1. The first-order valence-electron chi connectivity index (χ1n) is 7.81. The Hall–Kier alpha value is -3.28. The fourth-order valence-electron chi connectivity index (χ4n) is 2.36. The molecular weight excluding hydrogens is 320 g/mol. The zero-order valence-corrected chi connectivity index (χ0v) is 13.8. The molecule has 0 aliphatic carbocycles. The van der Waals surface area contributed by atoms with Gasteiger partial charge in [-0.25, -0.2) is 0 Å². The van der Waals surface area contributed by atoms with Crippen LogP contribution in [0.1, 0.15) is 21.9 Å². The molecule has 128 valence electrons. The van der Waals surface area contributed by atoms with Crippen LogP contribution < -0.4 is 15.6 Å². The van der Waals surface area contributed by atoms with Crippen LogP contribution in [0.3, 0.4) is 0 Å². The molecular formula is C19H18N2O4. The van der Waals surface area contributed by atoms with Crippen LogP contribution in [0.4, 0.5) is 0 Å². The molecule has 0 aliphatic rings. The molecule has 2 heterocycles. The van der Waals surface area contributed by atoms with Crippen LogP contribution in [-0.2, 0) is 13.1 Å². The minimum absolute atomic E-state index is 0.121. The lowest BCUT2D eigenvalue weighted by Crippen LogP contribution is -2.22. The molecule has 0 bridgehead atoms. The molecule has 0 unspecified atom stereocenters. The number of rotatable bonds is 6. The smallest absolute Gasteiger partial charge is 0.287 e. The topological polar surface area (TPSA) is 73.5 Å². The highest BCUT2D eigenvalue weighted by Gasteiger charge is 2.11. The molecule has 2 aromatic heterocycles. The van der Waals surface area contributed by atoms with E-state index < -0.39 is 0 Å². The molecule has 0 atom stereocenters. The van der Waals surface area contributed by atoms with Crippen LogP contribution in [0.5, 0.6) is 5.75 Å². The zero-order valence-electron chi connectivity index (χ0n) is 13.8. The van der Waals surface area contributed by atoms with Gasteiger partial charge in [-0.3, -0.25) is 9.59 Å². The first kappa shape index (κ1) is 16.6. The van der Waals surface area contributed by atoms with Crippen molar-refractivity contribution in [3.8, 4) is 5.75 Å². The van der Waals surface area contributed by atoms with E-state index in [2.05, 4.69) is 5.32 Å². The van der Waals surface area contributed by atoms with Crippen molar-refractivity contribution in [3.63, 3.8) is 0 Å². The van der Waals surface area contributed by atoms with E-state index in [0.717, 1.165) is 11.3 Å². The maximum Gasteiger partial charge on any atom is 0.287 e. The normalized spacial score (nSPS) is 10.4. The number of benzene rings is 1. The van der Waals surface area contributed by atoms with Crippen LogP contribution in [0.25, 0.3) is 0 Å². The summed E-state index contributed by atoms with van der Waals surface area (Å²) in [6, 6.07) is 15.7. The Morgan fingerprint density at radius 3 is 2.64 bits per heavy atom. The van der Waals surface area contributed by atoms with Gasteiger partial charge in [0.2, 0.25) is 0 Å². The summed E-state index contributed by atoms with van der Waals surface area (Å²) in [4.78, 5) is 23.9. The number of nitrogens with one attached hydrogen (secondary N) is 1. The highest BCUT2D eigenvalue weighted by molar-refractivity contribution is 5.91. The fraction of sp³-hybridized carbons (Fsp3) is 0.158. The lowest BCUT2D eigenvalue weighted by molar-refractivity contribution is 0.0921.